The van der Waals surface area contributed by atoms with Crippen molar-refractivity contribution in [3.05, 3.63) is 0 Å². The van der Waals surface area contributed by atoms with Crippen LogP contribution in [0.25, 0.3) is 0 Å². The van der Waals surface area contributed by atoms with Gasteiger partial charge in [-0.15, -0.1) is 0 Å². The standard InChI is InChI=1S/C16H33N3O2/c1-12(18-15(20)21-16(3,4)5)7-9-17-14-8-10-19(6)13(2)11-14/h12-14,17H,7-11H2,1-6H3,(H,18,20). The molecule has 1 amide bonds. The number of carbonyl (C=O) groups excluding carboxylic acids is 1. The van der Waals surface area contributed by atoms with Gasteiger partial charge in [0.05, 0.1) is 0 Å². The fourth-order valence-electron chi connectivity index (χ4n) is 2.56. The average molecular weight is 299 g/mol. The lowest BCUT2D eigenvalue weighted by Crippen LogP contribution is -2.46. The quantitative estimate of drug-likeness (QED) is 0.818. The van der Waals surface area contributed by atoms with E-state index < -0.39 is 5.60 Å². The molecule has 0 bridgehead atoms. The van der Waals surface area contributed by atoms with E-state index in [1.165, 1.54) is 12.8 Å². The van der Waals surface area contributed by atoms with Gasteiger partial charge in [0.25, 0.3) is 0 Å². The Balaban J connectivity index is 2.16. The van der Waals surface area contributed by atoms with Gasteiger partial charge in [-0.25, -0.2) is 4.79 Å². The normalized spacial score (nSPS) is 25.4. The molecule has 3 unspecified atom stereocenters. The third kappa shape index (κ3) is 7.67. The van der Waals surface area contributed by atoms with Gasteiger partial charge in [0.2, 0.25) is 0 Å². The molecule has 0 spiro atoms. The van der Waals surface area contributed by atoms with Crippen LogP contribution in [0.2, 0.25) is 0 Å². The number of hydrogen-bond donors (Lipinski definition) is 2. The topological polar surface area (TPSA) is 53.6 Å². The van der Waals surface area contributed by atoms with Crippen LogP contribution in [0.4, 0.5) is 4.79 Å². The Morgan fingerprint density at radius 1 is 1.43 bits per heavy atom. The summed E-state index contributed by atoms with van der Waals surface area (Å²) in [6.07, 6.45) is 2.99. The molecule has 5 nitrogen and oxygen atoms in total. The zero-order valence-corrected chi connectivity index (χ0v) is 14.5. The van der Waals surface area contributed by atoms with Crippen LogP contribution in [0.3, 0.4) is 0 Å². The van der Waals surface area contributed by atoms with E-state index in [1.54, 1.807) is 0 Å². The van der Waals surface area contributed by atoms with Gasteiger partial charge in [0.1, 0.15) is 5.60 Å². The van der Waals surface area contributed by atoms with Crippen LogP contribution in [0.1, 0.15) is 53.9 Å². The van der Waals surface area contributed by atoms with Crippen molar-refractivity contribution in [2.24, 2.45) is 0 Å². The lowest BCUT2D eigenvalue weighted by Gasteiger charge is -2.35. The van der Waals surface area contributed by atoms with E-state index in [0.29, 0.717) is 12.1 Å². The zero-order chi connectivity index (χ0) is 16.0. The molecule has 2 N–H and O–H groups in total. The smallest absolute Gasteiger partial charge is 0.407 e. The van der Waals surface area contributed by atoms with Crippen molar-refractivity contribution in [1.29, 1.82) is 0 Å². The maximum Gasteiger partial charge on any atom is 0.407 e. The van der Waals surface area contributed by atoms with Crippen molar-refractivity contribution in [2.45, 2.75) is 77.6 Å². The first-order chi connectivity index (χ1) is 9.67. The molecule has 1 fully saturated rings. The largest absolute Gasteiger partial charge is 0.444 e. The fourth-order valence-corrected chi connectivity index (χ4v) is 2.56. The van der Waals surface area contributed by atoms with Gasteiger partial charge in [-0.3, -0.25) is 0 Å². The lowest BCUT2D eigenvalue weighted by molar-refractivity contribution is 0.0506. The van der Waals surface area contributed by atoms with Gasteiger partial charge in [0.15, 0.2) is 0 Å². The van der Waals surface area contributed by atoms with Crippen LogP contribution < -0.4 is 10.6 Å². The Morgan fingerprint density at radius 2 is 2.10 bits per heavy atom. The minimum Gasteiger partial charge on any atom is -0.444 e. The molecule has 21 heavy (non-hydrogen) atoms. The van der Waals surface area contributed by atoms with Crippen LogP contribution in [0.15, 0.2) is 0 Å². The number of nitrogens with zero attached hydrogens (tertiary/aromatic N) is 1. The summed E-state index contributed by atoms with van der Waals surface area (Å²) in [5.74, 6) is 0. The molecule has 3 atom stereocenters. The molecule has 1 aliphatic rings. The number of carbonyl (C=O) groups is 1. The number of likely N-dealkylation sites (tertiary alicyclic amines) is 1. The molecule has 0 radical (unpaired) electrons. The van der Waals surface area contributed by atoms with E-state index in [9.17, 15) is 4.79 Å². The van der Waals surface area contributed by atoms with E-state index in [4.69, 9.17) is 4.74 Å². The van der Waals surface area contributed by atoms with Crippen molar-refractivity contribution in [1.82, 2.24) is 15.5 Å². The zero-order valence-electron chi connectivity index (χ0n) is 14.5. The molecular formula is C16H33N3O2. The summed E-state index contributed by atoms with van der Waals surface area (Å²) >= 11 is 0. The highest BCUT2D eigenvalue weighted by Crippen LogP contribution is 2.15. The van der Waals surface area contributed by atoms with Crippen LogP contribution >= 0.6 is 0 Å². The second kappa shape index (κ2) is 7.99. The second-order valence-corrected chi connectivity index (χ2v) is 7.34. The predicted octanol–water partition coefficient (Wildman–Crippen LogP) is 2.36. The Morgan fingerprint density at radius 3 is 2.67 bits per heavy atom. The molecule has 0 aliphatic carbocycles. The van der Waals surface area contributed by atoms with Gasteiger partial charge in [-0.05, 0) is 74.0 Å². The molecule has 0 saturated carbocycles. The average Bonchev–Trinajstić information content (AvgIpc) is 2.31. The van der Waals surface area contributed by atoms with Gasteiger partial charge in [0, 0.05) is 18.1 Å². The van der Waals surface area contributed by atoms with Gasteiger partial charge in [-0.1, -0.05) is 0 Å². The summed E-state index contributed by atoms with van der Waals surface area (Å²) in [6, 6.07) is 1.37. The van der Waals surface area contributed by atoms with E-state index in [1.807, 2.05) is 27.7 Å². The summed E-state index contributed by atoms with van der Waals surface area (Å²) in [5, 5.41) is 6.49. The van der Waals surface area contributed by atoms with Crippen LogP contribution in [-0.4, -0.2) is 54.9 Å². The first kappa shape index (κ1) is 18.2. The van der Waals surface area contributed by atoms with Crippen molar-refractivity contribution in [2.75, 3.05) is 20.1 Å². The molecule has 0 aromatic heterocycles. The highest BCUT2D eigenvalue weighted by Gasteiger charge is 2.22. The van der Waals surface area contributed by atoms with Crippen molar-refractivity contribution in [3.63, 3.8) is 0 Å². The summed E-state index contributed by atoms with van der Waals surface area (Å²) in [5.41, 5.74) is -0.438. The predicted molar refractivity (Wildman–Crippen MR) is 86.6 cm³/mol. The van der Waals surface area contributed by atoms with E-state index in [-0.39, 0.29) is 12.1 Å². The number of hydrogen-bond acceptors (Lipinski definition) is 4. The summed E-state index contributed by atoms with van der Waals surface area (Å²) < 4.78 is 5.25. The Hall–Kier alpha value is -0.810. The van der Waals surface area contributed by atoms with Gasteiger partial charge >= 0.3 is 6.09 Å². The number of alkyl carbamates (subject to hydrolysis) is 1. The Kier molecular flexibility index (Phi) is 6.94. The number of amides is 1. The third-order valence-corrected chi connectivity index (χ3v) is 3.98. The van der Waals surface area contributed by atoms with Crippen molar-refractivity contribution < 1.29 is 9.53 Å². The Labute approximate surface area is 129 Å². The van der Waals surface area contributed by atoms with Gasteiger partial charge in [-0.2, -0.15) is 0 Å². The number of ether oxygens (including phenoxy) is 1. The van der Waals surface area contributed by atoms with E-state index in [2.05, 4.69) is 29.5 Å². The molecule has 1 rings (SSSR count). The SMILES string of the molecule is CC(CCNC1CCN(C)C(C)C1)NC(=O)OC(C)(C)C. The highest BCUT2D eigenvalue weighted by atomic mass is 16.6. The number of piperidine rings is 1. The maximum absolute atomic E-state index is 11.7. The van der Waals surface area contributed by atoms with E-state index >= 15 is 0 Å². The summed E-state index contributed by atoms with van der Waals surface area (Å²) in [4.78, 5) is 14.1. The minimum absolute atomic E-state index is 0.121. The molecule has 124 valence electrons. The molecular weight excluding hydrogens is 266 g/mol. The Bertz CT molecular complexity index is 328. The van der Waals surface area contributed by atoms with Crippen LogP contribution in [0.5, 0.6) is 0 Å². The molecule has 5 heteroatoms. The van der Waals surface area contributed by atoms with Gasteiger partial charge < -0.3 is 20.3 Å². The monoisotopic (exact) mass is 299 g/mol. The first-order valence-electron chi connectivity index (χ1n) is 8.10. The first-order valence-corrected chi connectivity index (χ1v) is 8.10. The summed E-state index contributed by atoms with van der Waals surface area (Å²) in [6.45, 7) is 12.0. The molecule has 1 heterocycles. The molecule has 0 aromatic carbocycles. The van der Waals surface area contributed by atoms with E-state index in [0.717, 1.165) is 19.5 Å². The molecule has 1 saturated heterocycles. The second-order valence-electron chi connectivity index (χ2n) is 7.34. The fraction of sp³-hybridized carbons (Fsp3) is 0.938. The van der Waals surface area contributed by atoms with Crippen LogP contribution in [-0.2, 0) is 4.74 Å². The number of nitrogens with one attached hydrogen (secondary N) is 2. The third-order valence-electron chi connectivity index (χ3n) is 3.98. The maximum atomic E-state index is 11.7. The highest BCUT2D eigenvalue weighted by molar-refractivity contribution is 5.67. The number of rotatable bonds is 5. The van der Waals surface area contributed by atoms with Crippen molar-refractivity contribution in [3.8, 4) is 0 Å². The van der Waals surface area contributed by atoms with Crippen LogP contribution in [0, 0.1) is 0 Å². The minimum atomic E-state index is -0.438. The van der Waals surface area contributed by atoms with Crippen molar-refractivity contribution >= 4 is 6.09 Å². The summed E-state index contributed by atoms with van der Waals surface area (Å²) in [7, 11) is 2.19. The lowest BCUT2D eigenvalue weighted by atomic mass is 9.99. The molecule has 1 aliphatic heterocycles. The molecule has 0 aromatic rings.